The number of non-ortho nitro benzene ring substituents is 1. The van der Waals surface area contributed by atoms with Crippen molar-refractivity contribution in [3.63, 3.8) is 0 Å². The molecule has 4 rings (SSSR count). The van der Waals surface area contributed by atoms with Crippen molar-refractivity contribution in [2.24, 2.45) is 0 Å². The van der Waals surface area contributed by atoms with Crippen molar-refractivity contribution in [1.82, 2.24) is 4.98 Å². The van der Waals surface area contributed by atoms with Crippen LogP contribution in [0.5, 0.6) is 5.75 Å². The summed E-state index contributed by atoms with van der Waals surface area (Å²) >= 11 is 0. The second-order valence-electron chi connectivity index (χ2n) is 6.94. The quantitative estimate of drug-likeness (QED) is 0.117. The van der Waals surface area contributed by atoms with Crippen LogP contribution in [0.15, 0.2) is 48.5 Å². The number of hydrogen-bond donors (Lipinski definition) is 1. The Kier molecular flexibility index (Phi) is 7.22. The van der Waals surface area contributed by atoms with Gasteiger partial charge in [0.25, 0.3) is 11.4 Å². The molecule has 0 aliphatic carbocycles. The van der Waals surface area contributed by atoms with Crippen molar-refractivity contribution in [2.75, 3.05) is 0 Å². The summed E-state index contributed by atoms with van der Waals surface area (Å²) in [5.41, 5.74) is -3.96. The van der Waals surface area contributed by atoms with Gasteiger partial charge in [-0.2, -0.15) is 0 Å². The largest absolute Gasteiger partial charge is 0.497 e. The molecule has 3 aromatic carbocycles. The smallest absolute Gasteiger partial charge is 0.324 e. The molecule has 0 atom stereocenters. The van der Waals surface area contributed by atoms with Crippen molar-refractivity contribution in [3.8, 4) is 17.0 Å². The molecule has 4 aromatic rings. The van der Waals surface area contributed by atoms with E-state index in [0.717, 1.165) is 0 Å². The molecule has 0 saturated carbocycles. The molecule has 1 aromatic heterocycles. The summed E-state index contributed by atoms with van der Waals surface area (Å²) in [6.07, 6.45) is 0. The molecule has 0 saturated heterocycles. The molecule has 37 heavy (non-hydrogen) atoms. The third-order valence-corrected chi connectivity index (χ3v) is 4.72. The van der Waals surface area contributed by atoms with E-state index < -0.39 is 72.2 Å². The van der Waals surface area contributed by atoms with Crippen LogP contribution in [0.25, 0.3) is 22.2 Å². The number of rotatable bonds is 4. The van der Waals surface area contributed by atoms with Gasteiger partial charge in [0.1, 0.15) is 0 Å². The molecule has 0 unspecified atom stereocenters. The number of halogens is 5. The first kappa shape index (κ1) is 26.3. The predicted octanol–water partition coefficient (Wildman–Crippen LogP) is 5.71. The maximum absolute atomic E-state index is 13.7. The summed E-state index contributed by atoms with van der Waals surface area (Å²) < 4.78 is 66.9. The monoisotopic (exact) mass is 524 g/mol. The lowest BCUT2D eigenvalue weighted by Crippen LogP contribution is -2.04. The number of aromatic hydroxyl groups is 1. The lowest BCUT2D eigenvalue weighted by Gasteiger charge is -2.08. The molecule has 0 radical (unpaired) electrons. The minimum absolute atomic E-state index is 0.318. The molecular weight excluding hydrogens is 515 g/mol. The summed E-state index contributed by atoms with van der Waals surface area (Å²) in [5.74, 6) is -11.2. The molecule has 0 aliphatic heterocycles. The predicted molar refractivity (Wildman–Crippen MR) is 115 cm³/mol. The number of benzene rings is 3. The summed E-state index contributed by atoms with van der Waals surface area (Å²) in [6, 6.07) is 10.3. The van der Waals surface area contributed by atoms with Gasteiger partial charge in [0.15, 0.2) is 23.3 Å². The number of nitrogens with zero attached hydrogens (tertiary/aromatic N) is 4. The Morgan fingerprint density at radius 1 is 0.676 bits per heavy atom. The van der Waals surface area contributed by atoms with Gasteiger partial charge in [-0.15, -0.1) is 0 Å². The number of para-hydroxylation sites is 1. The molecule has 190 valence electrons. The van der Waals surface area contributed by atoms with Crippen molar-refractivity contribution in [2.45, 2.75) is 0 Å². The summed E-state index contributed by atoms with van der Waals surface area (Å²) in [7, 11) is 0. The Morgan fingerprint density at radius 3 is 1.65 bits per heavy atom. The lowest BCUT2D eigenvalue weighted by atomic mass is 10.1. The van der Waals surface area contributed by atoms with E-state index in [-0.39, 0.29) is 5.69 Å². The number of hydrogen-bond acceptors (Lipinski definition) is 8. The molecule has 11 nitrogen and oxygen atoms in total. The summed E-state index contributed by atoms with van der Waals surface area (Å²) in [4.78, 5) is 31.7. The first-order valence-corrected chi connectivity index (χ1v) is 9.52. The zero-order chi connectivity index (χ0) is 27.6. The van der Waals surface area contributed by atoms with Crippen LogP contribution in [0.2, 0.25) is 0 Å². The van der Waals surface area contributed by atoms with Crippen LogP contribution < -0.4 is 0 Å². The highest BCUT2D eigenvalue weighted by Crippen LogP contribution is 2.39. The second kappa shape index (κ2) is 10.1. The van der Waals surface area contributed by atoms with E-state index >= 15 is 0 Å². The highest BCUT2D eigenvalue weighted by molar-refractivity contribution is 5.81. The first-order valence-electron chi connectivity index (χ1n) is 9.52. The zero-order valence-corrected chi connectivity index (χ0v) is 17.7. The van der Waals surface area contributed by atoms with Gasteiger partial charge >= 0.3 is 11.4 Å². The average molecular weight is 524 g/mol. The number of nitro groups is 3. The van der Waals surface area contributed by atoms with Gasteiger partial charge in [-0.05, 0) is 12.1 Å². The maximum Gasteiger partial charge on any atom is 0.324 e. The zero-order valence-electron chi connectivity index (χ0n) is 17.7. The number of nitro benzene ring substituents is 3. The van der Waals surface area contributed by atoms with Crippen LogP contribution in [0.4, 0.5) is 39.0 Å². The third-order valence-electron chi connectivity index (χ3n) is 4.72. The standard InChI is InChI=1S/C15H6F5N.C6H3N3O7/c16-11-10(12(17)14(19)15(20)13(11)18)9-6-5-7-3-1-2-4-8(7)21-9;10-6-4(8(13)14)1-3(7(11)12)2-5(6)9(15)16/h1-6H;1-2,10H. The van der Waals surface area contributed by atoms with Gasteiger partial charge in [0, 0.05) is 5.39 Å². The third kappa shape index (κ3) is 5.07. The molecule has 0 fully saturated rings. The number of phenolic OH excluding ortho intramolecular Hbond substituents is 1. The van der Waals surface area contributed by atoms with Crippen LogP contribution in [0.1, 0.15) is 0 Å². The molecule has 16 heteroatoms. The van der Waals surface area contributed by atoms with E-state index in [4.69, 9.17) is 5.11 Å². The topological polar surface area (TPSA) is 163 Å². The Hall–Kier alpha value is -5.28. The van der Waals surface area contributed by atoms with E-state index in [9.17, 15) is 52.3 Å². The fourth-order valence-corrected chi connectivity index (χ4v) is 3.01. The highest BCUT2D eigenvalue weighted by Gasteiger charge is 2.30. The summed E-state index contributed by atoms with van der Waals surface area (Å²) in [6.45, 7) is 0. The van der Waals surface area contributed by atoms with Crippen LogP contribution in [0, 0.1) is 59.4 Å². The molecule has 0 aliphatic rings. The van der Waals surface area contributed by atoms with E-state index in [1.807, 2.05) is 0 Å². The Balaban J connectivity index is 0.000000214. The van der Waals surface area contributed by atoms with Gasteiger partial charge in [0.2, 0.25) is 5.82 Å². The molecule has 0 amide bonds. The Labute approximate surface area is 200 Å². The van der Waals surface area contributed by atoms with E-state index in [2.05, 4.69) is 4.98 Å². The Bertz CT molecular complexity index is 1540. The number of phenols is 1. The first-order chi connectivity index (χ1) is 17.3. The molecule has 0 bridgehead atoms. The minimum Gasteiger partial charge on any atom is -0.497 e. The van der Waals surface area contributed by atoms with Gasteiger partial charge in [0.05, 0.1) is 43.7 Å². The molecule has 1 heterocycles. The minimum atomic E-state index is -2.19. The van der Waals surface area contributed by atoms with Gasteiger partial charge < -0.3 is 5.11 Å². The van der Waals surface area contributed by atoms with Crippen LogP contribution in [-0.4, -0.2) is 24.9 Å². The highest BCUT2D eigenvalue weighted by atomic mass is 19.2. The van der Waals surface area contributed by atoms with Gasteiger partial charge in [-0.25, -0.2) is 26.9 Å². The normalized spacial score (nSPS) is 10.5. The number of pyridine rings is 1. The van der Waals surface area contributed by atoms with Gasteiger partial charge in [-0.1, -0.05) is 24.3 Å². The second-order valence-corrected chi connectivity index (χ2v) is 6.94. The number of fused-ring (bicyclic) bond motifs is 1. The van der Waals surface area contributed by atoms with Crippen molar-refractivity contribution < 1.29 is 41.8 Å². The van der Waals surface area contributed by atoms with Crippen molar-refractivity contribution in [3.05, 3.63) is 108 Å². The molecule has 1 N–H and O–H groups in total. The van der Waals surface area contributed by atoms with E-state index in [1.54, 1.807) is 24.3 Å². The van der Waals surface area contributed by atoms with Crippen LogP contribution >= 0.6 is 0 Å². The summed E-state index contributed by atoms with van der Waals surface area (Å²) in [5, 5.41) is 40.9. The molecular formula is C21H9F5N4O7. The molecule has 0 spiro atoms. The van der Waals surface area contributed by atoms with Crippen molar-refractivity contribution >= 4 is 28.0 Å². The maximum atomic E-state index is 13.7. The van der Waals surface area contributed by atoms with E-state index in [0.29, 0.717) is 23.0 Å². The van der Waals surface area contributed by atoms with Crippen LogP contribution in [-0.2, 0) is 0 Å². The Morgan fingerprint density at radius 2 is 1.16 bits per heavy atom. The fraction of sp³-hybridized carbons (Fsp3) is 0. The fourth-order valence-electron chi connectivity index (χ4n) is 3.01. The number of aromatic nitrogens is 1. The van der Waals surface area contributed by atoms with Crippen LogP contribution in [0.3, 0.4) is 0 Å². The average Bonchev–Trinajstić information content (AvgIpc) is 2.86. The van der Waals surface area contributed by atoms with E-state index in [1.165, 1.54) is 12.1 Å². The lowest BCUT2D eigenvalue weighted by molar-refractivity contribution is -0.404. The SMILES string of the molecule is Fc1c(F)c(F)c(-c2ccc3ccccc3n2)c(F)c1F.O=[N+]([O-])c1cc([N+](=O)[O-])c(O)c([N+](=O)[O-])c1. The van der Waals surface area contributed by atoms with Gasteiger partial charge in [-0.3, -0.25) is 30.3 Å². The van der Waals surface area contributed by atoms with Crippen molar-refractivity contribution in [1.29, 1.82) is 0 Å².